The molecule has 6 nitrogen and oxygen atoms in total. The molecule has 0 spiro atoms. The van der Waals surface area contributed by atoms with Crippen LogP contribution in [0.3, 0.4) is 0 Å². The summed E-state index contributed by atoms with van der Waals surface area (Å²) >= 11 is 0. The predicted octanol–water partition coefficient (Wildman–Crippen LogP) is 2.63. The lowest BCUT2D eigenvalue weighted by Crippen LogP contribution is -2.38. The average Bonchev–Trinajstić information content (AvgIpc) is 3.26. The van der Waals surface area contributed by atoms with Gasteiger partial charge in [-0.1, -0.05) is 13.8 Å². The van der Waals surface area contributed by atoms with Gasteiger partial charge in [0.1, 0.15) is 10.7 Å². The molecule has 2 saturated heterocycles. The molecule has 0 bridgehead atoms. The highest BCUT2D eigenvalue weighted by Gasteiger charge is 2.36. The molecule has 3 rings (SSSR count). The van der Waals surface area contributed by atoms with Crippen LogP contribution in [-0.4, -0.2) is 49.2 Å². The van der Waals surface area contributed by atoms with Gasteiger partial charge in [0.2, 0.25) is 10.0 Å². The maximum Gasteiger partial charge on any atom is 0.289 e. The number of hydrogen-bond acceptors (Lipinski definition) is 4. The van der Waals surface area contributed by atoms with E-state index in [2.05, 4.69) is 13.8 Å². The van der Waals surface area contributed by atoms with E-state index < -0.39 is 10.0 Å². The van der Waals surface area contributed by atoms with E-state index in [0.717, 1.165) is 25.7 Å². The van der Waals surface area contributed by atoms with Gasteiger partial charge in [0.25, 0.3) is 5.91 Å². The van der Waals surface area contributed by atoms with E-state index >= 15 is 0 Å². The van der Waals surface area contributed by atoms with E-state index in [9.17, 15) is 13.2 Å². The van der Waals surface area contributed by atoms with Crippen molar-refractivity contribution in [1.82, 2.24) is 9.21 Å². The molecule has 2 aliphatic heterocycles. The van der Waals surface area contributed by atoms with Crippen LogP contribution in [0.1, 0.15) is 55.8 Å². The third-order valence-electron chi connectivity index (χ3n) is 5.10. The van der Waals surface area contributed by atoms with E-state index in [4.69, 9.17) is 4.42 Å². The number of aryl methyl sites for hydroxylation is 1. The number of carbonyl (C=O) groups excluding carboxylic acids is 1. The van der Waals surface area contributed by atoms with Gasteiger partial charge in [0.05, 0.1) is 0 Å². The lowest BCUT2D eigenvalue weighted by Gasteiger charge is -2.26. The minimum absolute atomic E-state index is 0.132. The van der Waals surface area contributed by atoms with Gasteiger partial charge in [-0.2, -0.15) is 4.31 Å². The SMILES string of the molecule is Cc1oc(C(=O)N2CCCC2C(C)C)cc1S(=O)(=O)N1CCCC1. The summed E-state index contributed by atoms with van der Waals surface area (Å²) in [5, 5.41) is 0. The Kier molecular flexibility index (Phi) is 4.75. The largest absolute Gasteiger partial charge is 0.455 e. The molecule has 1 amide bonds. The topological polar surface area (TPSA) is 70.8 Å². The Morgan fingerprint density at radius 2 is 1.88 bits per heavy atom. The number of hydrogen-bond donors (Lipinski definition) is 0. The monoisotopic (exact) mass is 354 g/mol. The van der Waals surface area contributed by atoms with Crippen molar-refractivity contribution in [3.05, 3.63) is 17.6 Å². The number of nitrogens with zero attached hydrogens (tertiary/aromatic N) is 2. The number of sulfonamides is 1. The molecule has 1 unspecified atom stereocenters. The molecule has 2 fully saturated rings. The Hall–Kier alpha value is -1.34. The van der Waals surface area contributed by atoms with Crippen LogP contribution in [0.5, 0.6) is 0 Å². The average molecular weight is 354 g/mol. The molecule has 2 aliphatic rings. The van der Waals surface area contributed by atoms with Crippen LogP contribution in [-0.2, 0) is 10.0 Å². The van der Waals surface area contributed by atoms with Crippen LogP contribution in [0.15, 0.2) is 15.4 Å². The highest BCUT2D eigenvalue weighted by molar-refractivity contribution is 7.89. The van der Waals surface area contributed by atoms with Crippen molar-refractivity contribution >= 4 is 15.9 Å². The van der Waals surface area contributed by atoms with Gasteiger partial charge in [-0.3, -0.25) is 4.79 Å². The van der Waals surface area contributed by atoms with Crippen molar-refractivity contribution in [2.45, 2.75) is 57.4 Å². The van der Waals surface area contributed by atoms with Crippen LogP contribution < -0.4 is 0 Å². The first-order chi connectivity index (χ1) is 11.3. The zero-order chi connectivity index (χ0) is 17.5. The van der Waals surface area contributed by atoms with Gasteiger partial charge < -0.3 is 9.32 Å². The van der Waals surface area contributed by atoms with Crippen molar-refractivity contribution in [2.75, 3.05) is 19.6 Å². The molecule has 134 valence electrons. The quantitative estimate of drug-likeness (QED) is 0.833. The van der Waals surface area contributed by atoms with Crippen LogP contribution in [0, 0.1) is 12.8 Å². The van der Waals surface area contributed by atoms with E-state index in [-0.39, 0.29) is 22.6 Å². The van der Waals surface area contributed by atoms with Gasteiger partial charge in [-0.15, -0.1) is 0 Å². The van der Waals surface area contributed by atoms with Crippen LogP contribution in [0.2, 0.25) is 0 Å². The van der Waals surface area contributed by atoms with Gasteiger partial charge in [0.15, 0.2) is 5.76 Å². The van der Waals surface area contributed by atoms with E-state index in [0.29, 0.717) is 31.3 Å². The molecule has 7 heteroatoms. The third kappa shape index (κ3) is 2.99. The fourth-order valence-corrected chi connectivity index (χ4v) is 5.45. The fourth-order valence-electron chi connectivity index (χ4n) is 3.77. The first kappa shape index (κ1) is 17.5. The predicted molar refractivity (Wildman–Crippen MR) is 90.3 cm³/mol. The number of rotatable bonds is 4. The second kappa shape index (κ2) is 6.52. The summed E-state index contributed by atoms with van der Waals surface area (Å²) in [6, 6.07) is 1.61. The molecule has 0 radical (unpaired) electrons. The number of likely N-dealkylation sites (tertiary alicyclic amines) is 1. The van der Waals surface area contributed by atoms with Crippen LogP contribution in [0.25, 0.3) is 0 Å². The van der Waals surface area contributed by atoms with Crippen molar-refractivity contribution in [1.29, 1.82) is 0 Å². The molecular weight excluding hydrogens is 328 g/mol. The highest BCUT2D eigenvalue weighted by atomic mass is 32.2. The van der Waals surface area contributed by atoms with Gasteiger partial charge in [-0.25, -0.2) is 8.42 Å². The lowest BCUT2D eigenvalue weighted by molar-refractivity contribution is 0.0668. The van der Waals surface area contributed by atoms with Crippen molar-refractivity contribution in [3.8, 4) is 0 Å². The zero-order valence-electron chi connectivity index (χ0n) is 14.6. The first-order valence-electron chi connectivity index (χ1n) is 8.74. The number of furan rings is 1. The maximum absolute atomic E-state index is 12.8. The molecule has 0 aliphatic carbocycles. The normalized spacial score (nSPS) is 22.7. The number of carbonyl (C=O) groups is 1. The molecule has 1 aromatic heterocycles. The van der Waals surface area contributed by atoms with Gasteiger partial charge in [-0.05, 0) is 38.5 Å². The van der Waals surface area contributed by atoms with Crippen molar-refractivity contribution in [2.24, 2.45) is 5.92 Å². The Morgan fingerprint density at radius 3 is 2.50 bits per heavy atom. The van der Waals surface area contributed by atoms with E-state index in [1.54, 1.807) is 6.92 Å². The summed E-state index contributed by atoms with van der Waals surface area (Å²) in [4.78, 5) is 14.8. The van der Waals surface area contributed by atoms with Gasteiger partial charge >= 0.3 is 0 Å². The minimum Gasteiger partial charge on any atom is -0.455 e. The molecule has 0 N–H and O–H groups in total. The van der Waals surface area contributed by atoms with Gasteiger partial charge in [0, 0.05) is 31.7 Å². The maximum atomic E-state index is 12.8. The van der Waals surface area contributed by atoms with E-state index in [1.807, 2.05) is 4.90 Å². The molecule has 1 aromatic rings. The number of amides is 1. The lowest BCUT2D eigenvalue weighted by atomic mass is 10.0. The van der Waals surface area contributed by atoms with E-state index in [1.165, 1.54) is 10.4 Å². The van der Waals surface area contributed by atoms with Crippen molar-refractivity contribution < 1.29 is 17.6 Å². The molecule has 0 saturated carbocycles. The minimum atomic E-state index is -3.57. The zero-order valence-corrected chi connectivity index (χ0v) is 15.4. The Labute approximate surface area is 143 Å². The molecular formula is C17H26N2O4S. The molecule has 24 heavy (non-hydrogen) atoms. The van der Waals surface area contributed by atoms with Crippen LogP contribution in [0.4, 0.5) is 0 Å². The summed E-state index contributed by atoms with van der Waals surface area (Å²) in [6.45, 7) is 7.61. The van der Waals surface area contributed by atoms with Crippen molar-refractivity contribution in [3.63, 3.8) is 0 Å². The fraction of sp³-hybridized carbons (Fsp3) is 0.706. The third-order valence-corrected chi connectivity index (χ3v) is 7.10. The first-order valence-corrected chi connectivity index (χ1v) is 10.2. The summed E-state index contributed by atoms with van der Waals surface area (Å²) in [5.41, 5.74) is 0. The summed E-state index contributed by atoms with van der Waals surface area (Å²) in [7, 11) is -3.57. The standard InChI is InChI=1S/C17H26N2O4S/c1-12(2)14-7-6-10-19(14)17(20)15-11-16(13(3)23-15)24(21,22)18-8-4-5-9-18/h11-12,14H,4-10H2,1-3H3. The summed E-state index contributed by atoms with van der Waals surface area (Å²) in [5.74, 6) is 0.612. The second-order valence-corrected chi connectivity index (χ2v) is 9.00. The molecule has 0 aromatic carbocycles. The second-order valence-electron chi connectivity index (χ2n) is 7.09. The summed E-state index contributed by atoms with van der Waals surface area (Å²) < 4.78 is 32.5. The molecule has 3 heterocycles. The Balaban J connectivity index is 1.87. The Morgan fingerprint density at radius 1 is 1.21 bits per heavy atom. The van der Waals surface area contributed by atoms with Crippen LogP contribution >= 0.6 is 0 Å². The summed E-state index contributed by atoms with van der Waals surface area (Å²) in [6.07, 6.45) is 3.73. The highest BCUT2D eigenvalue weighted by Crippen LogP contribution is 2.30. The Bertz CT molecular complexity index is 717. The smallest absolute Gasteiger partial charge is 0.289 e. The molecule has 1 atom stereocenters.